The van der Waals surface area contributed by atoms with Crippen LogP contribution in [0.5, 0.6) is 0 Å². The van der Waals surface area contributed by atoms with Gasteiger partial charge < -0.3 is 4.57 Å². The molecule has 4 nitrogen and oxygen atoms in total. The van der Waals surface area contributed by atoms with E-state index in [1.54, 1.807) is 12.4 Å². The molecule has 0 unspecified atom stereocenters. The maximum atomic E-state index is 5.28. The van der Waals surface area contributed by atoms with Gasteiger partial charge in [0.05, 0.1) is 0 Å². The zero-order chi connectivity index (χ0) is 12.8. The van der Waals surface area contributed by atoms with Gasteiger partial charge in [0, 0.05) is 24.5 Å². The summed E-state index contributed by atoms with van der Waals surface area (Å²) in [5, 5.41) is 7.17. The highest BCUT2D eigenvalue weighted by Crippen LogP contribution is 2.16. The molecule has 0 bridgehead atoms. The van der Waals surface area contributed by atoms with E-state index < -0.39 is 0 Å². The zero-order valence-electron chi connectivity index (χ0n) is 10.6. The summed E-state index contributed by atoms with van der Waals surface area (Å²) in [7, 11) is 0. The molecule has 5 heteroatoms. The number of hydrogen-bond acceptors (Lipinski definition) is 3. The summed E-state index contributed by atoms with van der Waals surface area (Å²) >= 11 is 5.28. The Morgan fingerprint density at radius 1 is 1.22 bits per heavy atom. The van der Waals surface area contributed by atoms with Gasteiger partial charge >= 0.3 is 0 Å². The molecule has 0 saturated carbocycles. The van der Waals surface area contributed by atoms with E-state index in [1.807, 2.05) is 12.1 Å². The Morgan fingerprint density at radius 3 is 2.72 bits per heavy atom. The summed E-state index contributed by atoms with van der Waals surface area (Å²) in [5.41, 5.74) is 1.05. The van der Waals surface area contributed by atoms with Crippen molar-refractivity contribution in [3.63, 3.8) is 0 Å². The maximum Gasteiger partial charge on any atom is 0.195 e. The van der Waals surface area contributed by atoms with Gasteiger partial charge in [-0.25, -0.2) is 0 Å². The number of aromatic amines is 1. The molecular weight excluding hydrogens is 244 g/mol. The van der Waals surface area contributed by atoms with Crippen LogP contribution in [0.3, 0.4) is 0 Å². The van der Waals surface area contributed by atoms with Crippen LogP contribution in [0.25, 0.3) is 11.4 Å². The SMILES string of the molecule is CCCCCCn1c(-c2ccncc2)n[nH]c1=S. The average molecular weight is 262 g/mol. The monoisotopic (exact) mass is 262 g/mol. The fourth-order valence-corrected chi connectivity index (χ4v) is 2.17. The van der Waals surface area contributed by atoms with Crippen LogP contribution in [0.4, 0.5) is 0 Å². The minimum atomic E-state index is 0.693. The Hall–Kier alpha value is -1.49. The van der Waals surface area contributed by atoms with E-state index in [-0.39, 0.29) is 0 Å². The van der Waals surface area contributed by atoms with E-state index in [4.69, 9.17) is 12.2 Å². The Bertz CT molecular complexity index is 529. The van der Waals surface area contributed by atoms with Crippen molar-refractivity contribution >= 4 is 12.2 Å². The van der Waals surface area contributed by atoms with Gasteiger partial charge in [-0.1, -0.05) is 26.2 Å². The molecule has 0 atom stereocenters. The number of H-pyrrole nitrogens is 1. The minimum absolute atomic E-state index is 0.693. The zero-order valence-corrected chi connectivity index (χ0v) is 11.4. The fraction of sp³-hybridized carbons (Fsp3) is 0.462. The van der Waals surface area contributed by atoms with Crippen molar-refractivity contribution in [2.75, 3.05) is 0 Å². The van der Waals surface area contributed by atoms with Gasteiger partial charge in [-0.3, -0.25) is 10.1 Å². The Morgan fingerprint density at radius 2 is 2.00 bits per heavy atom. The van der Waals surface area contributed by atoms with Gasteiger partial charge in [-0.2, -0.15) is 5.10 Å². The van der Waals surface area contributed by atoms with Crippen LogP contribution in [0.2, 0.25) is 0 Å². The highest BCUT2D eigenvalue weighted by Gasteiger charge is 2.07. The molecule has 2 heterocycles. The summed E-state index contributed by atoms with van der Waals surface area (Å²) in [6.45, 7) is 3.14. The second kappa shape index (κ2) is 6.44. The number of unbranched alkanes of at least 4 members (excludes halogenated alkanes) is 3. The van der Waals surface area contributed by atoms with Gasteiger partial charge in [0.15, 0.2) is 10.6 Å². The standard InChI is InChI=1S/C13H18N4S/c1-2-3-4-5-10-17-12(15-16-13(17)18)11-6-8-14-9-7-11/h6-9H,2-5,10H2,1H3,(H,16,18). The maximum absolute atomic E-state index is 5.28. The Labute approximate surface area is 112 Å². The molecule has 2 rings (SSSR count). The molecule has 0 aliphatic heterocycles. The topological polar surface area (TPSA) is 46.5 Å². The van der Waals surface area contributed by atoms with Gasteiger partial charge in [-0.15, -0.1) is 0 Å². The Balaban J connectivity index is 2.15. The van der Waals surface area contributed by atoms with Crippen molar-refractivity contribution in [2.24, 2.45) is 0 Å². The summed E-state index contributed by atoms with van der Waals surface area (Å²) in [5.74, 6) is 0.902. The quantitative estimate of drug-likeness (QED) is 0.639. The van der Waals surface area contributed by atoms with E-state index in [2.05, 4.69) is 26.7 Å². The third-order valence-electron chi connectivity index (χ3n) is 2.93. The van der Waals surface area contributed by atoms with Gasteiger partial charge in [0.1, 0.15) is 0 Å². The first-order chi connectivity index (χ1) is 8.83. The van der Waals surface area contributed by atoms with Crippen LogP contribution in [0, 0.1) is 4.77 Å². The van der Waals surface area contributed by atoms with Crippen LogP contribution in [-0.4, -0.2) is 19.7 Å². The van der Waals surface area contributed by atoms with Crippen LogP contribution in [-0.2, 0) is 6.54 Å². The second-order valence-electron chi connectivity index (χ2n) is 4.30. The minimum Gasteiger partial charge on any atom is -0.300 e. The largest absolute Gasteiger partial charge is 0.300 e. The molecule has 2 aromatic rings. The normalized spacial score (nSPS) is 10.7. The number of nitrogens with one attached hydrogen (secondary N) is 1. The first-order valence-electron chi connectivity index (χ1n) is 6.38. The molecule has 96 valence electrons. The Kier molecular flexibility index (Phi) is 4.64. The predicted molar refractivity (Wildman–Crippen MR) is 74.8 cm³/mol. The van der Waals surface area contributed by atoms with Crippen LogP contribution in [0.1, 0.15) is 32.6 Å². The lowest BCUT2D eigenvalue weighted by molar-refractivity contribution is 0.581. The van der Waals surface area contributed by atoms with Crippen LogP contribution >= 0.6 is 12.2 Å². The average Bonchev–Trinajstić information content (AvgIpc) is 2.77. The highest BCUT2D eigenvalue weighted by molar-refractivity contribution is 7.71. The molecule has 0 spiro atoms. The molecule has 1 N–H and O–H groups in total. The smallest absolute Gasteiger partial charge is 0.195 e. The van der Waals surface area contributed by atoms with Crippen molar-refractivity contribution in [3.8, 4) is 11.4 Å². The van der Waals surface area contributed by atoms with Crippen LogP contribution in [0.15, 0.2) is 24.5 Å². The van der Waals surface area contributed by atoms with Crippen molar-refractivity contribution in [1.29, 1.82) is 0 Å². The molecule has 18 heavy (non-hydrogen) atoms. The molecule has 0 amide bonds. The van der Waals surface area contributed by atoms with Crippen molar-refractivity contribution in [3.05, 3.63) is 29.3 Å². The summed E-state index contributed by atoms with van der Waals surface area (Å²) in [4.78, 5) is 4.02. The number of hydrogen-bond donors (Lipinski definition) is 1. The summed E-state index contributed by atoms with van der Waals surface area (Å²) < 4.78 is 2.76. The van der Waals surface area contributed by atoms with Crippen molar-refractivity contribution in [2.45, 2.75) is 39.2 Å². The number of pyridine rings is 1. The summed E-state index contributed by atoms with van der Waals surface area (Å²) in [6.07, 6.45) is 8.44. The van der Waals surface area contributed by atoms with E-state index >= 15 is 0 Å². The number of rotatable bonds is 6. The molecule has 0 saturated heterocycles. The molecule has 0 aromatic carbocycles. The van der Waals surface area contributed by atoms with Crippen molar-refractivity contribution < 1.29 is 0 Å². The van der Waals surface area contributed by atoms with E-state index in [0.717, 1.165) is 24.4 Å². The lowest BCUT2D eigenvalue weighted by Gasteiger charge is -2.06. The first kappa shape index (κ1) is 13.0. The molecule has 0 radical (unpaired) electrons. The lowest BCUT2D eigenvalue weighted by atomic mass is 10.2. The fourth-order valence-electron chi connectivity index (χ4n) is 1.94. The van der Waals surface area contributed by atoms with E-state index in [1.165, 1.54) is 19.3 Å². The van der Waals surface area contributed by atoms with E-state index in [0.29, 0.717) is 4.77 Å². The molecular formula is C13H18N4S. The first-order valence-corrected chi connectivity index (χ1v) is 6.79. The van der Waals surface area contributed by atoms with Crippen molar-refractivity contribution in [1.82, 2.24) is 19.7 Å². The molecule has 0 aliphatic carbocycles. The van der Waals surface area contributed by atoms with Gasteiger partial charge in [-0.05, 0) is 30.8 Å². The predicted octanol–water partition coefficient (Wildman–Crippen LogP) is 3.58. The van der Waals surface area contributed by atoms with E-state index in [9.17, 15) is 0 Å². The molecule has 0 fully saturated rings. The highest BCUT2D eigenvalue weighted by atomic mass is 32.1. The third kappa shape index (κ3) is 3.04. The summed E-state index contributed by atoms with van der Waals surface area (Å²) in [6, 6.07) is 3.90. The lowest BCUT2D eigenvalue weighted by Crippen LogP contribution is -2.01. The van der Waals surface area contributed by atoms with Gasteiger partial charge in [0.25, 0.3) is 0 Å². The second-order valence-corrected chi connectivity index (χ2v) is 4.69. The van der Waals surface area contributed by atoms with Gasteiger partial charge in [0.2, 0.25) is 0 Å². The van der Waals surface area contributed by atoms with Crippen LogP contribution < -0.4 is 0 Å². The number of aromatic nitrogens is 4. The molecule has 0 aliphatic rings. The molecule has 2 aromatic heterocycles. The number of nitrogens with zero attached hydrogens (tertiary/aromatic N) is 3. The third-order valence-corrected chi connectivity index (χ3v) is 3.24.